The molecule has 0 radical (unpaired) electrons. The van der Waals surface area contributed by atoms with Crippen molar-refractivity contribution in [3.05, 3.63) is 23.8 Å². The van der Waals surface area contributed by atoms with Crippen LogP contribution in [0.2, 0.25) is 0 Å². The fourth-order valence-corrected chi connectivity index (χ4v) is 2.74. The van der Waals surface area contributed by atoms with Crippen LogP contribution in [0.15, 0.2) is 23.1 Å². The number of nitrogens with one attached hydrogen (secondary N) is 1. The molecule has 0 bridgehead atoms. The molecule has 3 N–H and O–H groups in total. The highest BCUT2D eigenvalue weighted by Gasteiger charge is 2.44. The normalized spacial score (nSPS) is 18.4. The molecule has 1 amide bonds. The molecular formula is C14H20N2O3S. The Hall–Kier alpha value is -1.40. The number of benzene rings is 1. The number of amides is 1. The summed E-state index contributed by atoms with van der Waals surface area (Å²) in [6.07, 6.45) is 3.06. The Kier molecular flexibility index (Phi) is 3.64. The molecule has 0 heterocycles. The molecule has 0 spiro atoms. The zero-order chi connectivity index (χ0) is 15.1. The third-order valence-corrected chi connectivity index (χ3v) is 4.91. The smallest absolute Gasteiger partial charge is 0.244 e. The Bertz CT molecular complexity index is 646. The van der Waals surface area contributed by atoms with Gasteiger partial charge in [-0.25, -0.2) is 8.42 Å². The van der Waals surface area contributed by atoms with Crippen LogP contribution < -0.4 is 11.1 Å². The molecule has 1 aromatic carbocycles. The Morgan fingerprint density at radius 3 is 2.50 bits per heavy atom. The van der Waals surface area contributed by atoms with Crippen molar-refractivity contribution in [1.29, 1.82) is 0 Å². The predicted molar refractivity (Wildman–Crippen MR) is 78.2 cm³/mol. The van der Waals surface area contributed by atoms with Crippen LogP contribution in [0.4, 0.5) is 5.69 Å². The molecule has 1 atom stereocenters. The predicted octanol–water partition coefficient (Wildman–Crippen LogP) is 1.46. The quantitative estimate of drug-likeness (QED) is 0.880. The zero-order valence-corrected chi connectivity index (χ0v) is 12.8. The van der Waals surface area contributed by atoms with Gasteiger partial charge in [0.2, 0.25) is 5.91 Å². The van der Waals surface area contributed by atoms with Gasteiger partial charge >= 0.3 is 0 Å². The Morgan fingerprint density at radius 1 is 1.40 bits per heavy atom. The lowest BCUT2D eigenvalue weighted by molar-refractivity contribution is -0.121. The summed E-state index contributed by atoms with van der Waals surface area (Å²) >= 11 is 0. The molecule has 20 heavy (non-hydrogen) atoms. The van der Waals surface area contributed by atoms with E-state index in [0.717, 1.165) is 24.7 Å². The molecule has 1 aromatic rings. The number of carbonyl (C=O) groups excluding carboxylic acids is 1. The molecule has 1 aliphatic rings. The van der Waals surface area contributed by atoms with E-state index in [9.17, 15) is 13.2 Å². The monoisotopic (exact) mass is 296 g/mol. The van der Waals surface area contributed by atoms with E-state index >= 15 is 0 Å². The molecule has 6 heteroatoms. The van der Waals surface area contributed by atoms with Gasteiger partial charge in [0.15, 0.2) is 9.84 Å². The first-order valence-corrected chi connectivity index (χ1v) is 8.42. The number of carbonyl (C=O) groups is 1. The van der Waals surface area contributed by atoms with Crippen molar-refractivity contribution in [1.82, 2.24) is 0 Å². The van der Waals surface area contributed by atoms with Gasteiger partial charge in [-0.05, 0) is 50.3 Å². The second-order valence-electron chi connectivity index (χ2n) is 5.76. The molecule has 110 valence electrons. The van der Waals surface area contributed by atoms with Crippen LogP contribution >= 0.6 is 0 Å². The highest BCUT2D eigenvalue weighted by atomic mass is 32.2. The van der Waals surface area contributed by atoms with E-state index in [2.05, 4.69) is 5.32 Å². The molecule has 0 aromatic heterocycles. The average molecular weight is 296 g/mol. The van der Waals surface area contributed by atoms with Gasteiger partial charge in [0.1, 0.15) is 0 Å². The SMILES string of the molecule is Cc1ccc(S(C)(=O)=O)cc1NC(=O)C(C)(N)C1CC1. The molecule has 5 nitrogen and oxygen atoms in total. The van der Waals surface area contributed by atoms with Crippen LogP contribution in [0, 0.1) is 12.8 Å². The van der Waals surface area contributed by atoms with E-state index in [-0.39, 0.29) is 16.7 Å². The van der Waals surface area contributed by atoms with Crippen LogP contribution in [0.3, 0.4) is 0 Å². The first-order valence-electron chi connectivity index (χ1n) is 6.53. The summed E-state index contributed by atoms with van der Waals surface area (Å²) in [4.78, 5) is 12.4. The van der Waals surface area contributed by atoms with Crippen LogP contribution in [0.5, 0.6) is 0 Å². The third kappa shape index (κ3) is 3.02. The minimum atomic E-state index is -3.30. The van der Waals surface area contributed by atoms with Gasteiger partial charge in [0, 0.05) is 11.9 Å². The summed E-state index contributed by atoms with van der Waals surface area (Å²) in [5, 5.41) is 2.76. The number of aryl methyl sites for hydroxylation is 1. The second-order valence-corrected chi connectivity index (χ2v) is 7.78. The molecule has 1 saturated carbocycles. The summed E-state index contributed by atoms with van der Waals surface area (Å²) in [5.74, 6) is -0.0605. The summed E-state index contributed by atoms with van der Waals surface area (Å²) in [5.41, 5.74) is 6.45. The Labute approximate surface area is 119 Å². The van der Waals surface area contributed by atoms with Crippen LogP contribution in [-0.2, 0) is 14.6 Å². The van der Waals surface area contributed by atoms with Gasteiger partial charge in [-0.2, -0.15) is 0 Å². The van der Waals surface area contributed by atoms with Crippen molar-refractivity contribution >= 4 is 21.4 Å². The number of nitrogens with two attached hydrogens (primary N) is 1. The zero-order valence-electron chi connectivity index (χ0n) is 11.9. The minimum Gasteiger partial charge on any atom is -0.324 e. The topological polar surface area (TPSA) is 89.3 Å². The molecule has 2 rings (SSSR count). The highest BCUT2D eigenvalue weighted by Crippen LogP contribution is 2.38. The molecule has 0 aliphatic heterocycles. The van der Waals surface area contributed by atoms with E-state index in [1.54, 1.807) is 13.0 Å². The lowest BCUT2D eigenvalue weighted by Crippen LogP contribution is -2.50. The molecule has 1 fully saturated rings. The molecular weight excluding hydrogens is 276 g/mol. The van der Waals surface area contributed by atoms with E-state index in [0.29, 0.717) is 5.69 Å². The van der Waals surface area contributed by atoms with Crippen molar-refractivity contribution in [3.63, 3.8) is 0 Å². The van der Waals surface area contributed by atoms with Gasteiger partial charge in [-0.15, -0.1) is 0 Å². The maximum atomic E-state index is 12.2. The molecule has 0 saturated heterocycles. The van der Waals surface area contributed by atoms with Gasteiger partial charge in [0.25, 0.3) is 0 Å². The van der Waals surface area contributed by atoms with Gasteiger partial charge < -0.3 is 11.1 Å². The van der Waals surface area contributed by atoms with E-state index in [1.165, 1.54) is 12.1 Å². The van der Waals surface area contributed by atoms with Crippen molar-refractivity contribution in [2.24, 2.45) is 11.7 Å². The summed E-state index contributed by atoms with van der Waals surface area (Å²) in [6.45, 7) is 3.53. The maximum Gasteiger partial charge on any atom is 0.244 e. The summed E-state index contributed by atoms with van der Waals surface area (Å²) < 4.78 is 23.1. The Morgan fingerprint density at radius 2 is 2.00 bits per heavy atom. The third-order valence-electron chi connectivity index (χ3n) is 3.80. The van der Waals surface area contributed by atoms with Gasteiger partial charge in [0.05, 0.1) is 10.4 Å². The number of rotatable bonds is 4. The minimum absolute atomic E-state index is 0.184. The van der Waals surface area contributed by atoms with Gasteiger partial charge in [-0.1, -0.05) is 6.07 Å². The first kappa shape index (κ1) is 15.0. The maximum absolute atomic E-state index is 12.2. The van der Waals surface area contributed by atoms with E-state index < -0.39 is 15.4 Å². The van der Waals surface area contributed by atoms with Gasteiger partial charge in [-0.3, -0.25) is 4.79 Å². The number of sulfone groups is 1. The summed E-state index contributed by atoms with van der Waals surface area (Å²) in [6, 6.07) is 4.69. The van der Waals surface area contributed by atoms with Crippen LogP contribution in [0.1, 0.15) is 25.3 Å². The lowest BCUT2D eigenvalue weighted by atomic mass is 9.96. The number of anilines is 1. The fourth-order valence-electron chi connectivity index (χ4n) is 2.09. The number of hydrogen-bond acceptors (Lipinski definition) is 4. The highest BCUT2D eigenvalue weighted by molar-refractivity contribution is 7.90. The van der Waals surface area contributed by atoms with E-state index in [4.69, 9.17) is 5.73 Å². The second kappa shape index (κ2) is 4.86. The van der Waals surface area contributed by atoms with Crippen LogP contribution in [-0.4, -0.2) is 26.1 Å². The van der Waals surface area contributed by atoms with Crippen molar-refractivity contribution in [2.75, 3.05) is 11.6 Å². The van der Waals surface area contributed by atoms with Crippen LogP contribution in [0.25, 0.3) is 0 Å². The standard InChI is InChI=1S/C14H20N2O3S/c1-9-4-7-11(20(3,18)19)8-12(9)16-13(17)14(2,15)10-5-6-10/h4,7-8,10H,5-6,15H2,1-3H3,(H,16,17). The largest absolute Gasteiger partial charge is 0.324 e. The van der Waals surface area contributed by atoms with E-state index in [1.807, 2.05) is 6.92 Å². The fraction of sp³-hybridized carbons (Fsp3) is 0.500. The van der Waals surface area contributed by atoms with Crippen molar-refractivity contribution < 1.29 is 13.2 Å². The van der Waals surface area contributed by atoms with Crippen molar-refractivity contribution in [3.8, 4) is 0 Å². The first-order chi connectivity index (χ1) is 9.12. The average Bonchev–Trinajstić information content (AvgIpc) is 3.14. The number of hydrogen-bond donors (Lipinski definition) is 2. The Balaban J connectivity index is 2.27. The molecule has 1 unspecified atom stereocenters. The lowest BCUT2D eigenvalue weighted by Gasteiger charge is -2.23. The van der Waals surface area contributed by atoms with Crippen molar-refractivity contribution in [2.45, 2.75) is 37.1 Å². The molecule has 1 aliphatic carbocycles. The summed E-state index contributed by atoms with van der Waals surface area (Å²) in [7, 11) is -3.30.